The highest BCUT2D eigenvalue weighted by atomic mass is 33.1. The molecule has 3 aliphatic carbocycles. The van der Waals surface area contributed by atoms with E-state index in [-0.39, 0.29) is 18.1 Å². The van der Waals surface area contributed by atoms with Crippen molar-refractivity contribution >= 4 is 21.6 Å². The average Bonchev–Trinajstić information content (AvgIpc) is 3.43. The number of aryl methyl sites for hydroxylation is 1. The Bertz CT molecular complexity index is 1220. The summed E-state index contributed by atoms with van der Waals surface area (Å²) in [6.45, 7) is 3.38. The van der Waals surface area contributed by atoms with E-state index in [4.69, 9.17) is 9.47 Å². The molecular weight excluding hydrogens is 764 g/mol. The smallest absolute Gasteiger partial charge is 0.435 e. The van der Waals surface area contributed by atoms with Crippen LogP contribution in [0, 0.1) is 17.3 Å². The molecular formula is C40H59F9O3S2. The molecule has 2 fully saturated rings. The minimum atomic E-state index is -6.73. The number of ether oxygens (including phenoxy) is 3. The fraction of sp³-hybridized carbons (Fsp3) is 0.850. The summed E-state index contributed by atoms with van der Waals surface area (Å²) in [7, 11) is 4.06. The van der Waals surface area contributed by atoms with Gasteiger partial charge in [0.05, 0.1) is 19.3 Å². The van der Waals surface area contributed by atoms with Gasteiger partial charge in [0.25, 0.3) is 0 Å². The first-order valence-corrected chi connectivity index (χ1v) is 22.5. The number of hydrogen-bond acceptors (Lipinski definition) is 5. The molecule has 0 N–H and O–H groups in total. The van der Waals surface area contributed by atoms with E-state index >= 15 is 0 Å². The molecule has 14 heteroatoms. The molecule has 3 aliphatic rings. The van der Waals surface area contributed by atoms with Gasteiger partial charge in [0.15, 0.2) is 0 Å². The van der Waals surface area contributed by atoms with Crippen molar-refractivity contribution in [1.82, 2.24) is 0 Å². The molecule has 0 radical (unpaired) electrons. The summed E-state index contributed by atoms with van der Waals surface area (Å²) in [6, 6.07) is 6.47. The van der Waals surface area contributed by atoms with Gasteiger partial charge >= 0.3 is 24.1 Å². The minimum absolute atomic E-state index is 0.235. The number of benzene rings is 1. The van der Waals surface area contributed by atoms with Crippen molar-refractivity contribution < 1.29 is 53.7 Å². The molecule has 0 aliphatic heterocycles. The lowest BCUT2D eigenvalue weighted by Crippen LogP contribution is -2.67. The van der Waals surface area contributed by atoms with Crippen molar-refractivity contribution in [2.45, 2.75) is 166 Å². The standard InChI is InChI=1S/C40H59F9O3S2/c1-3-4-5-9-12-26-53-54-27-13-10-7-6-8-11-23-50-30-16-18-31-29(28-30)15-17-33-32(31)21-22-36(2)34(33)19-20-35(36)51-24-14-25-52-37(38(41,42)43,39(44,45)46)40(47,48)49/h16,18,28,32-35H,3-15,17,19-27H2,1-2H3. The average molecular weight is 823 g/mol. The summed E-state index contributed by atoms with van der Waals surface area (Å²) in [5.41, 5.74) is -3.80. The Morgan fingerprint density at radius 2 is 1.30 bits per heavy atom. The number of hydrogen-bond donors (Lipinski definition) is 0. The Morgan fingerprint density at radius 1 is 0.685 bits per heavy atom. The van der Waals surface area contributed by atoms with Gasteiger partial charge in [-0.3, -0.25) is 0 Å². The predicted molar refractivity (Wildman–Crippen MR) is 199 cm³/mol. The first-order chi connectivity index (χ1) is 25.6. The Balaban J connectivity index is 1.14. The zero-order valence-corrected chi connectivity index (χ0v) is 33.4. The monoisotopic (exact) mass is 822 g/mol. The van der Waals surface area contributed by atoms with E-state index in [0.717, 1.165) is 44.3 Å². The number of alkyl halides is 9. The summed E-state index contributed by atoms with van der Waals surface area (Å²) < 4.78 is 134. The third-order valence-electron chi connectivity index (χ3n) is 12.0. The second kappa shape index (κ2) is 20.6. The summed E-state index contributed by atoms with van der Waals surface area (Å²) in [6.07, 6.45) is -1.72. The Kier molecular flexibility index (Phi) is 17.5. The van der Waals surface area contributed by atoms with E-state index in [9.17, 15) is 39.5 Å². The van der Waals surface area contributed by atoms with Crippen molar-refractivity contribution in [3.05, 3.63) is 29.3 Å². The second-order valence-electron chi connectivity index (χ2n) is 15.7. The van der Waals surface area contributed by atoms with Gasteiger partial charge in [-0.05, 0) is 111 Å². The first kappa shape index (κ1) is 45.7. The molecule has 0 bridgehead atoms. The normalized spacial score (nSPS) is 24.6. The Labute approximate surface area is 323 Å². The molecule has 5 atom stereocenters. The third-order valence-corrected chi connectivity index (χ3v) is 14.6. The molecule has 54 heavy (non-hydrogen) atoms. The van der Waals surface area contributed by atoms with E-state index in [2.05, 4.69) is 36.8 Å². The van der Waals surface area contributed by atoms with Crippen molar-refractivity contribution in [1.29, 1.82) is 0 Å². The van der Waals surface area contributed by atoms with Crippen LogP contribution < -0.4 is 4.74 Å². The third kappa shape index (κ3) is 11.4. The maximum Gasteiger partial charge on any atom is 0.435 e. The highest BCUT2D eigenvalue weighted by Gasteiger charge is 2.85. The van der Waals surface area contributed by atoms with Gasteiger partial charge in [-0.25, -0.2) is 0 Å². The number of fused-ring (bicyclic) bond motifs is 5. The van der Waals surface area contributed by atoms with Gasteiger partial charge in [0.2, 0.25) is 0 Å². The van der Waals surface area contributed by atoms with E-state index < -0.39 is 37.2 Å². The summed E-state index contributed by atoms with van der Waals surface area (Å²) in [5, 5.41) is 0. The predicted octanol–water partition coefficient (Wildman–Crippen LogP) is 13.8. The first-order valence-electron chi connectivity index (χ1n) is 20.0. The van der Waals surface area contributed by atoms with Crippen LogP contribution in [0.5, 0.6) is 5.75 Å². The molecule has 5 unspecified atom stereocenters. The molecule has 4 rings (SSSR count). The molecule has 312 valence electrons. The molecule has 0 spiro atoms. The SMILES string of the molecule is CCCCCCCSSCCCCCCCCOc1ccc2c(c1)CCC1C2CCC2(C)C(OCCCOC(C(F)(F)F)(C(F)(F)F)C(F)(F)F)CCC12. The van der Waals surface area contributed by atoms with Crippen molar-refractivity contribution in [3.63, 3.8) is 0 Å². The van der Waals surface area contributed by atoms with Crippen LogP contribution in [0.1, 0.15) is 140 Å². The van der Waals surface area contributed by atoms with Gasteiger partial charge in [-0.2, -0.15) is 39.5 Å². The minimum Gasteiger partial charge on any atom is -0.494 e. The molecule has 0 aromatic heterocycles. The highest BCUT2D eigenvalue weighted by molar-refractivity contribution is 8.76. The van der Waals surface area contributed by atoms with Gasteiger partial charge in [0.1, 0.15) is 5.75 Å². The Hall–Kier alpha value is -0.990. The van der Waals surface area contributed by atoms with Crippen molar-refractivity contribution in [2.24, 2.45) is 17.3 Å². The van der Waals surface area contributed by atoms with Crippen LogP contribution in [0.4, 0.5) is 39.5 Å². The Morgan fingerprint density at radius 3 is 1.93 bits per heavy atom. The zero-order valence-electron chi connectivity index (χ0n) is 31.7. The molecule has 1 aromatic rings. The highest BCUT2D eigenvalue weighted by Crippen LogP contribution is 2.62. The molecule has 2 saturated carbocycles. The number of unbranched alkanes of at least 4 members (excludes halogenated alkanes) is 9. The van der Waals surface area contributed by atoms with Crippen LogP contribution in [0.25, 0.3) is 0 Å². The fourth-order valence-corrected chi connectivity index (χ4v) is 11.4. The second-order valence-corrected chi connectivity index (χ2v) is 18.4. The molecule has 3 nitrogen and oxygen atoms in total. The van der Waals surface area contributed by atoms with Crippen LogP contribution in [-0.2, 0) is 15.9 Å². The lowest BCUT2D eigenvalue weighted by atomic mass is 9.55. The number of rotatable bonds is 23. The van der Waals surface area contributed by atoms with Crippen molar-refractivity contribution in [3.8, 4) is 5.75 Å². The maximum absolute atomic E-state index is 13.2. The summed E-state index contributed by atoms with van der Waals surface area (Å²) >= 11 is 0. The van der Waals surface area contributed by atoms with Gasteiger partial charge in [0, 0.05) is 18.1 Å². The van der Waals surface area contributed by atoms with E-state index in [1.54, 1.807) is 0 Å². The maximum atomic E-state index is 13.2. The summed E-state index contributed by atoms with van der Waals surface area (Å²) in [4.78, 5) is 0. The van der Waals surface area contributed by atoms with Gasteiger partial charge in [-0.15, -0.1) is 0 Å². The van der Waals surface area contributed by atoms with E-state index in [1.165, 1.54) is 86.8 Å². The van der Waals surface area contributed by atoms with Gasteiger partial charge in [-0.1, -0.05) is 92.9 Å². The quantitative estimate of drug-likeness (QED) is 0.0623. The van der Waals surface area contributed by atoms with Gasteiger partial charge < -0.3 is 14.2 Å². The van der Waals surface area contributed by atoms with Crippen LogP contribution in [-0.4, -0.2) is 61.6 Å². The van der Waals surface area contributed by atoms with E-state index in [1.807, 2.05) is 21.6 Å². The molecule has 0 amide bonds. The lowest BCUT2D eigenvalue weighted by molar-refractivity contribution is -0.457. The van der Waals surface area contributed by atoms with Crippen LogP contribution >= 0.6 is 21.6 Å². The fourth-order valence-electron chi connectivity index (χ4n) is 9.15. The topological polar surface area (TPSA) is 27.7 Å². The van der Waals surface area contributed by atoms with Crippen LogP contribution in [0.15, 0.2) is 18.2 Å². The van der Waals surface area contributed by atoms with Crippen molar-refractivity contribution in [2.75, 3.05) is 31.3 Å². The van der Waals surface area contributed by atoms with E-state index in [0.29, 0.717) is 30.8 Å². The lowest BCUT2D eigenvalue weighted by Gasteiger charge is -2.50. The van der Waals surface area contributed by atoms with Crippen LogP contribution in [0.2, 0.25) is 0 Å². The number of halogens is 9. The molecule has 0 heterocycles. The zero-order chi connectivity index (χ0) is 39.5. The van der Waals surface area contributed by atoms with Crippen LogP contribution in [0.3, 0.4) is 0 Å². The molecule has 0 saturated heterocycles. The summed E-state index contributed by atoms with van der Waals surface area (Å²) in [5.74, 6) is 4.56. The largest absolute Gasteiger partial charge is 0.494 e. The molecule has 1 aromatic carbocycles.